The fourth-order valence-corrected chi connectivity index (χ4v) is 3.15. The van der Waals surface area contributed by atoms with Crippen molar-refractivity contribution in [2.45, 2.75) is 19.8 Å². The van der Waals surface area contributed by atoms with Gasteiger partial charge in [0.15, 0.2) is 0 Å². The van der Waals surface area contributed by atoms with Crippen LogP contribution < -0.4 is 0 Å². The van der Waals surface area contributed by atoms with Gasteiger partial charge in [0.1, 0.15) is 0 Å². The zero-order chi connectivity index (χ0) is 16.1. The van der Waals surface area contributed by atoms with E-state index in [1.807, 2.05) is 71.6 Å². The van der Waals surface area contributed by atoms with Crippen LogP contribution in [0, 0.1) is 5.92 Å². The Bertz CT molecular complexity index is 676. The van der Waals surface area contributed by atoms with Crippen molar-refractivity contribution in [1.82, 2.24) is 4.90 Å². The minimum Gasteiger partial charge on any atom is -0.338 e. The summed E-state index contributed by atoms with van der Waals surface area (Å²) in [6, 6.07) is 20.1. The van der Waals surface area contributed by atoms with Crippen molar-refractivity contribution in [3.8, 4) is 0 Å². The molecule has 2 aromatic rings. The van der Waals surface area contributed by atoms with E-state index in [2.05, 4.69) is 6.92 Å². The highest BCUT2D eigenvalue weighted by Crippen LogP contribution is 2.24. The normalized spacial score (nSPS) is 18.7. The summed E-state index contributed by atoms with van der Waals surface area (Å²) in [5, 5.41) is 0. The van der Waals surface area contributed by atoms with Gasteiger partial charge in [0, 0.05) is 18.7 Å². The minimum atomic E-state index is 0.145. The van der Waals surface area contributed by atoms with Gasteiger partial charge in [0.2, 0.25) is 0 Å². The highest BCUT2D eigenvalue weighted by Gasteiger charge is 2.24. The molecule has 2 heteroatoms. The Hall–Kier alpha value is -2.35. The summed E-state index contributed by atoms with van der Waals surface area (Å²) in [5.41, 5.74) is 2.83. The van der Waals surface area contributed by atoms with E-state index in [0.29, 0.717) is 5.92 Å². The maximum Gasteiger partial charge on any atom is 0.254 e. The van der Waals surface area contributed by atoms with Gasteiger partial charge in [-0.15, -0.1) is 0 Å². The van der Waals surface area contributed by atoms with Gasteiger partial charge in [-0.3, -0.25) is 4.79 Å². The molecule has 0 unspecified atom stereocenters. The van der Waals surface area contributed by atoms with Gasteiger partial charge in [0.05, 0.1) is 0 Å². The lowest BCUT2D eigenvalue weighted by atomic mass is 9.97. The van der Waals surface area contributed by atoms with E-state index >= 15 is 0 Å². The van der Waals surface area contributed by atoms with Crippen molar-refractivity contribution in [2.24, 2.45) is 5.92 Å². The summed E-state index contributed by atoms with van der Waals surface area (Å²) < 4.78 is 0. The molecule has 23 heavy (non-hydrogen) atoms. The largest absolute Gasteiger partial charge is 0.338 e. The Morgan fingerprint density at radius 3 is 2.35 bits per heavy atom. The molecule has 1 fully saturated rings. The summed E-state index contributed by atoms with van der Waals surface area (Å²) in [6.45, 7) is 3.95. The Morgan fingerprint density at radius 2 is 1.70 bits per heavy atom. The van der Waals surface area contributed by atoms with Gasteiger partial charge in [0.25, 0.3) is 5.91 Å². The van der Waals surface area contributed by atoms with Crippen molar-refractivity contribution in [3.05, 3.63) is 71.8 Å². The number of likely N-dealkylation sites (tertiary alicyclic amines) is 1. The van der Waals surface area contributed by atoms with Gasteiger partial charge in [-0.2, -0.15) is 0 Å². The molecule has 0 N–H and O–H groups in total. The predicted octanol–water partition coefficient (Wildman–Crippen LogP) is 4.49. The lowest BCUT2D eigenvalue weighted by Gasteiger charge is -2.31. The van der Waals surface area contributed by atoms with Crippen molar-refractivity contribution in [1.29, 1.82) is 0 Å². The average molecular weight is 305 g/mol. The van der Waals surface area contributed by atoms with Gasteiger partial charge < -0.3 is 4.90 Å². The Labute approximate surface area is 138 Å². The first-order chi connectivity index (χ1) is 11.2. The number of carbonyl (C=O) groups is 1. The predicted molar refractivity (Wildman–Crippen MR) is 95.7 cm³/mol. The second kappa shape index (κ2) is 7.28. The number of hydrogen-bond acceptors (Lipinski definition) is 1. The molecule has 0 spiro atoms. The third-order valence-corrected chi connectivity index (χ3v) is 4.37. The Balaban J connectivity index is 1.95. The molecule has 1 aliphatic heterocycles. The fourth-order valence-electron chi connectivity index (χ4n) is 3.15. The van der Waals surface area contributed by atoms with Crippen LogP contribution in [0.5, 0.6) is 0 Å². The number of rotatable bonds is 3. The van der Waals surface area contributed by atoms with Crippen LogP contribution in [-0.2, 0) is 4.79 Å². The average Bonchev–Trinajstić information content (AvgIpc) is 2.61. The molecule has 0 saturated carbocycles. The quantitative estimate of drug-likeness (QED) is 0.604. The molecule has 1 aliphatic rings. The third kappa shape index (κ3) is 3.89. The summed E-state index contributed by atoms with van der Waals surface area (Å²) in [6.07, 6.45) is 4.32. The highest BCUT2D eigenvalue weighted by atomic mass is 16.2. The molecule has 0 radical (unpaired) electrons. The maximum absolute atomic E-state index is 13.1. The summed E-state index contributed by atoms with van der Waals surface area (Å²) in [5.74, 6) is 0.730. The van der Waals surface area contributed by atoms with E-state index in [0.717, 1.165) is 36.2 Å². The fraction of sp³-hybridized carbons (Fsp3) is 0.286. The number of benzene rings is 2. The molecule has 118 valence electrons. The number of hydrogen-bond donors (Lipinski definition) is 0. The number of amides is 1. The van der Waals surface area contributed by atoms with Crippen molar-refractivity contribution in [3.63, 3.8) is 0 Å². The molecular weight excluding hydrogens is 282 g/mol. The monoisotopic (exact) mass is 305 g/mol. The van der Waals surface area contributed by atoms with E-state index in [9.17, 15) is 4.79 Å². The van der Waals surface area contributed by atoms with Crippen LogP contribution in [-0.4, -0.2) is 23.9 Å². The molecule has 1 saturated heterocycles. The van der Waals surface area contributed by atoms with Gasteiger partial charge >= 0.3 is 0 Å². The van der Waals surface area contributed by atoms with E-state index in [-0.39, 0.29) is 5.91 Å². The number of carbonyl (C=O) groups excluding carboxylic acids is 1. The first-order valence-electron chi connectivity index (χ1n) is 8.35. The topological polar surface area (TPSA) is 20.3 Å². The SMILES string of the molecule is C[C@@H]1CCCN(C(=O)/C(=C/c2ccccc2)c2ccccc2)C1. The third-order valence-electron chi connectivity index (χ3n) is 4.37. The summed E-state index contributed by atoms with van der Waals surface area (Å²) in [7, 11) is 0. The smallest absolute Gasteiger partial charge is 0.254 e. The molecule has 1 amide bonds. The van der Waals surface area contributed by atoms with E-state index < -0.39 is 0 Å². The molecule has 0 bridgehead atoms. The molecule has 1 heterocycles. The second-order valence-corrected chi connectivity index (χ2v) is 6.33. The first-order valence-corrected chi connectivity index (χ1v) is 8.35. The molecule has 2 aromatic carbocycles. The van der Waals surface area contributed by atoms with Crippen molar-refractivity contribution in [2.75, 3.05) is 13.1 Å². The minimum absolute atomic E-state index is 0.145. The summed E-state index contributed by atoms with van der Waals surface area (Å²) >= 11 is 0. The lowest BCUT2D eigenvalue weighted by molar-refractivity contribution is -0.126. The van der Waals surface area contributed by atoms with Crippen LogP contribution >= 0.6 is 0 Å². The second-order valence-electron chi connectivity index (χ2n) is 6.33. The van der Waals surface area contributed by atoms with Crippen LogP contribution in [0.25, 0.3) is 11.6 Å². The zero-order valence-corrected chi connectivity index (χ0v) is 13.6. The molecule has 0 aromatic heterocycles. The number of nitrogens with zero attached hydrogens (tertiary/aromatic N) is 1. The standard InChI is InChI=1S/C21H23NO/c1-17-9-8-14-22(16-17)21(23)20(19-12-6-3-7-13-19)15-18-10-4-2-5-11-18/h2-7,10-13,15,17H,8-9,14,16H2,1H3/b20-15+/t17-/m1/s1. The van der Waals surface area contributed by atoms with Crippen molar-refractivity contribution >= 4 is 17.6 Å². The highest BCUT2D eigenvalue weighted by molar-refractivity contribution is 6.24. The molecule has 2 nitrogen and oxygen atoms in total. The van der Waals surface area contributed by atoms with Gasteiger partial charge in [-0.25, -0.2) is 0 Å². The molecular formula is C21H23NO. The summed E-state index contributed by atoms with van der Waals surface area (Å²) in [4.78, 5) is 15.1. The van der Waals surface area contributed by atoms with E-state index in [4.69, 9.17) is 0 Å². The Morgan fingerprint density at radius 1 is 1.04 bits per heavy atom. The van der Waals surface area contributed by atoms with Crippen LogP contribution in [0.15, 0.2) is 60.7 Å². The van der Waals surface area contributed by atoms with Crippen molar-refractivity contribution < 1.29 is 4.79 Å². The molecule has 0 aliphatic carbocycles. The van der Waals surface area contributed by atoms with Crippen LogP contribution in [0.1, 0.15) is 30.9 Å². The Kier molecular flexibility index (Phi) is 4.92. The van der Waals surface area contributed by atoms with E-state index in [1.54, 1.807) is 0 Å². The maximum atomic E-state index is 13.1. The van der Waals surface area contributed by atoms with Crippen LogP contribution in [0.2, 0.25) is 0 Å². The molecule has 3 rings (SSSR count). The zero-order valence-electron chi connectivity index (χ0n) is 13.6. The molecule has 1 atom stereocenters. The van der Waals surface area contributed by atoms with Crippen LogP contribution in [0.4, 0.5) is 0 Å². The lowest BCUT2D eigenvalue weighted by Crippen LogP contribution is -2.39. The van der Waals surface area contributed by atoms with Gasteiger partial charge in [-0.05, 0) is 36.0 Å². The van der Waals surface area contributed by atoms with Gasteiger partial charge in [-0.1, -0.05) is 67.6 Å². The number of piperidine rings is 1. The first kappa shape index (κ1) is 15.5. The van der Waals surface area contributed by atoms with E-state index in [1.165, 1.54) is 6.42 Å². The van der Waals surface area contributed by atoms with Crippen LogP contribution in [0.3, 0.4) is 0 Å².